The molecule has 0 aliphatic carbocycles. The zero-order chi connectivity index (χ0) is 25.6. The zero-order valence-electron chi connectivity index (χ0n) is 17.1. The summed E-state index contributed by atoms with van der Waals surface area (Å²) in [6.07, 6.45) is 0. The number of halogens is 6. The van der Waals surface area contributed by atoms with Crippen molar-refractivity contribution in [3.63, 3.8) is 0 Å². The third kappa shape index (κ3) is 18.1. The topological polar surface area (TPSA) is 95.0 Å². The molecule has 0 radical (unpaired) electrons. The van der Waals surface area contributed by atoms with E-state index in [-0.39, 0.29) is 17.2 Å². The second-order valence-electron chi connectivity index (χ2n) is 6.33. The molecule has 0 bridgehead atoms. The van der Waals surface area contributed by atoms with Gasteiger partial charge in [-0.25, -0.2) is 8.42 Å². The molecule has 7 nitrogen and oxygen atoms in total. The first kappa shape index (κ1) is 35.2. The van der Waals surface area contributed by atoms with Crippen molar-refractivity contribution < 1.29 is 21.4 Å². The van der Waals surface area contributed by atoms with Gasteiger partial charge in [-0.1, -0.05) is 7.43 Å². The van der Waals surface area contributed by atoms with Gasteiger partial charge in [0.15, 0.2) is 0 Å². The Morgan fingerprint density at radius 1 is 0.667 bits per heavy atom. The Bertz CT molecular complexity index is 991. The van der Waals surface area contributed by atoms with Crippen molar-refractivity contribution in [1.29, 1.82) is 0 Å². The monoisotopic (exact) mass is 642 g/mol. The number of rotatable bonds is 4. The van der Waals surface area contributed by atoms with Crippen LogP contribution in [0, 0.1) is 0 Å². The Labute approximate surface area is 224 Å². The van der Waals surface area contributed by atoms with Crippen LogP contribution in [0.4, 0.5) is 11.4 Å². The average molecular weight is 645 g/mol. The van der Waals surface area contributed by atoms with Gasteiger partial charge in [0.05, 0.1) is 9.79 Å². The zero-order valence-corrected chi connectivity index (χ0v) is 24.2. The van der Waals surface area contributed by atoms with Gasteiger partial charge in [0.2, 0.25) is 0 Å². The van der Waals surface area contributed by atoms with Crippen molar-refractivity contribution in [3.8, 4) is 0 Å². The second-order valence-corrected chi connectivity index (χ2v) is 26.9. The van der Waals surface area contributed by atoms with Crippen LogP contribution in [0.1, 0.15) is 7.43 Å². The number of hydrogen-bond acceptors (Lipinski definition) is 6. The third-order valence-corrected chi connectivity index (χ3v) is 5.52. The quantitative estimate of drug-likeness (QED) is 0.208. The third-order valence-electron chi connectivity index (χ3n) is 3.29. The summed E-state index contributed by atoms with van der Waals surface area (Å²) in [5.74, 6) is 0. The van der Waals surface area contributed by atoms with E-state index in [1.807, 2.05) is 38.0 Å². The van der Waals surface area contributed by atoms with Gasteiger partial charge in [-0.15, -0.1) is 0 Å². The van der Waals surface area contributed by atoms with Crippen molar-refractivity contribution in [1.82, 2.24) is 0 Å². The van der Waals surface area contributed by atoms with Gasteiger partial charge in [0.1, 0.15) is 0 Å². The van der Waals surface area contributed by atoms with Crippen LogP contribution in [-0.2, 0) is 19.2 Å². The summed E-state index contributed by atoms with van der Waals surface area (Å²) in [5.41, 5.74) is 1.82. The molecule has 0 heterocycles. The van der Waals surface area contributed by atoms with Crippen LogP contribution >= 0.6 is 70.3 Å². The van der Waals surface area contributed by atoms with Crippen LogP contribution in [-0.4, -0.2) is 49.6 Å². The van der Waals surface area contributed by atoms with Crippen LogP contribution in [0.3, 0.4) is 0 Å². The van der Waals surface area contributed by atoms with E-state index in [0.29, 0.717) is 0 Å². The summed E-state index contributed by atoms with van der Waals surface area (Å²) >= 11 is 24.9. The fourth-order valence-electron chi connectivity index (χ4n) is 1.82. The number of benzene rings is 2. The molecule has 0 aliphatic rings. The van der Waals surface area contributed by atoms with Crippen molar-refractivity contribution >= 4 is 101 Å². The summed E-state index contributed by atoms with van der Waals surface area (Å²) in [7, 11) is 4.95. The van der Waals surface area contributed by atoms with Gasteiger partial charge in [0, 0.05) is 50.2 Å². The molecule has 16 heteroatoms. The minimum absolute atomic E-state index is 0. The molecule has 0 amide bonds. The van der Waals surface area contributed by atoms with Crippen molar-refractivity contribution in [2.75, 3.05) is 38.0 Å². The summed E-state index contributed by atoms with van der Waals surface area (Å²) in [4.78, 5) is 3.76. The van der Waals surface area contributed by atoms with Gasteiger partial charge in [-0.3, -0.25) is 4.55 Å². The minimum atomic E-state index is -4.06. The molecule has 2 rings (SSSR count). The van der Waals surface area contributed by atoms with Crippen molar-refractivity contribution in [2.24, 2.45) is 0 Å². The molecule has 0 aliphatic heterocycles. The van der Waals surface area contributed by atoms with E-state index in [4.69, 9.17) is 71.4 Å². The van der Waals surface area contributed by atoms with Gasteiger partial charge in [-0.05, 0) is 48.5 Å². The molecule has 0 unspecified atom stereocenters. The first-order valence-corrected chi connectivity index (χ1v) is 18.6. The normalized spacial score (nSPS) is 12.4. The van der Waals surface area contributed by atoms with E-state index in [0.717, 1.165) is 11.4 Å². The van der Waals surface area contributed by atoms with E-state index in [2.05, 4.69) is 0 Å². The molecular weight excluding hydrogens is 620 g/mol. The van der Waals surface area contributed by atoms with Crippen molar-refractivity contribution in [3.05, 3.63) is 48.5 Å². The molecule has 0 spiro atoms. The SMILES string of the molecule is C.CN(C)c1ccc(S(=O)(=O)Cl)cc1.CN(C)c1ccc(S(=O)(=O)O)cc1.ClP(Cl)(Cl)(Cl)Cl. The Balaban J connectivity index is 0. The molecule has 0 aromatic heterocycles. The van der Waals surface area contributed by atoms with Gasteiger partial charge in [-0.2, -0.15) is 8.42 Å². The molecule has 0 saturated carbocycles. The second kappa shape index (κ2) is 13.4. The fourth-order valence-corrected chi connectivity index (χ4v) is 3.07. The fraction of sp³-hybridized carbons (Fsp3) is 0.294. The van der Waals surface area contributed by atoms with Crippen molar-refractivity contribution in [2.45, 2.75) is 17.2 Å². The van der Waals surface area contributed by atoms with Gasteiger partial charge in [0.25, 0.3) is 19.2 Å². The van der Waals surface area contributed by atoms with E-state index >= 15 is 0 Å². The summed E-state index contributed by atoms with van der Waals surface area (Å²) < 4.78 is 48.0. The van der Waals surface area contributed by atoms with Gasteiger partial charge < -0.3 is 9.80 Å². The Morgan fingerprint density at radius 3 is 1.09 bits per heavy atom. The number of anilines is 2. The average Bonchev–Trinajstić information content (AvgIpc) is 2.59. The van der Waals surface area contributed by atoms with E-state index in [1.54, 1.807) is 24.3 Å². The molecule has 2 aromatic rings. The molecule has 33 heavy (non-hydrogen) atoms. The molecule has 0 saturated heterocycles. The van der Waals surface area contributed by atoms with Crippen LogP contribution < -0.4 is 9.80 Å². The molecule has 192 valence electrons. The molecular formula is C17H25Cl6N2O5PS2. The predicted molar refractivity (Wildman–Crippen MR) is 147 cm³/mol. The van der Waals surface area contributed by atoms with Crippen LogP contribution in [0.5, 0.6) is 0 Å². The summed E-state index contributed by atoms with van der Waals surface area (Å²) in [6.45, 7) is 0. The molecule has 2 aromatic carbocycles. The molecule has 0 atom stereocenters. The van der Waals surface area contributed by atoms with E-state index < -0.39 is 22.5 Å². The first-order valence-electron chi connectivity index (χ1n) is 8.14. The Hall–Kier alpha value is 0.0700. The van der Waals surface area contributed by atoms with Gasteiger partial charge >= 0.3 is 59.6 Å². The summed E-state index contributed by atoms with van der Waals surface area (Å²) in [6, 6.07) is 12.4. The number of hydrogen-bond donors (Lipinski definition) is 1. The maximum atomic E-state index is 10.9. The maximum absolute atomic E-state index is 10.9. The first-order chi connectivity index (χ1) is 14.1. The van der Waals surface area contributed by atoms with E-state index in [9.17, 15) is 16.8 Å². The molecule has 1 N–H and O–H groups in total. The summed E-state index contributed by atoms with van der Waals surface area (Å²) in [5, 5.41) is 0. The Kier molecular flexibility index (Phi) is 14.3. The van der Waals surface area contributed by atoms with Crippen LogP contribution in [0.25, 0.3) is 0 Å². The molecule has 0 fully saturated rings. The standard InChI is InChI=1S/C8H10ClNO2S.C8H11NO3S.CH4.Cl5P/c1-10(2)7-3-5-8(6-4-7)13(9,11)12;1-9(2)7-3-5-8(6-4-7)13(10,11)12;;1-6(2,3,4)5/h3-6H,1-2H3;3-6H,1-2H3,(H,10,11,12);1H4;. The predicted octanol–water partition coefficient (Wildman–Crippen LogP) is 7.62. The Morgan fingerprint density at radius 2 is 0.909 bits per heavy atom. The van der Waals surface area contributed by atoms with E-state index in [1.165, 1.54) is 24.3 Å². The van der Waals surface area contributed by atoms with Crippen LogP contribution in [0.15, 0.2) is 58.3 Å². The number of nitrogens with zero attached hydrogens (tertiary/aromatic N) is 2. The van der Waals surface area contributed by atoms with Crippen LogP contribution in [0.2, 0.25) is 0 Å².